The number of methoxy groups -OCH3 is 1. The summed E-state index contributed by atoms with van der Waals surface area (Å²) in [5.41, 5.74) is 7.25. The lowest BCUT2D eigenvalue weighted by atomic mass is 9.70. The van der Waals surface area contributed by atoms with Gasteiger partial charge in [0.1, 0.15) is 5.75 Å². The largest absolute Gasteiger partial charge is 0.496 e. The molecular formula is C17H26ClNO. The number of rotatable bonds is 5. The van der Waals surface area contributed by atoms with Crippen LogP contribution in [0.15, 0.2) is 18.2 Å². The van der Waals surface area contributed by atoms with Crippen molar-refractivity contribution in [3.63, 3.8) is 0 Å². The maximum atomic E-state index is 6.19. The summed E-state index contributed by atoms with van der Waals surface area (Å²) in [6.07, 6.45) is 6.33. The lowest BCUT2D eigenvalue weighted by Gasteiger charge is -2.36. The van der Waals surface area contributed by atoms with Crippen LogP contribution in [0, 0.1) is 11.8 Å². The summed E-state index contributed by atoms with van der Waals surface area (Å²) in [5, 5.41) is 0.786. The van der Waals surface area contributed by atoms with Crippen molar-refractivity contribution in [2.75, 3.05) is 13.7 Å². The van der Waals surface area contributed by atoms with Crippen molar-refractivity contribution in [2.45, 2.75) is 44.9 Å². The predicted molar refractivity (Wildman–Crippen MR) is 85.5 cm³/mol. The summed E-state index contributed by atoms with van der Waals surface area (Å²) in [5.74, 6) is 2.81. The number of hydrogen-bond acceptors (Lipinski definition) is 2. The lowest BCUT2D eigenvalue weighted by Crippen LogP contribution is -2.29. The summed E-state index contributed by atoms with van der Waals surface area (Å²) < 4.78 is 5.54. The second-order valence-electron chi connectivity index (χ2n) is 5.96. The Morgan fingerprint density at radius 2 is 2.15 bits per heavy atom. The molecule has 1 aliphatic carbocycles. The van der Waals surface area contributed by atoms with E-state index in [1.54, 1.807) is 7.11 Å². The van der Waals surface area contributed by atoms with Gasteiger partial charge in [-0.25, -0.2) is 0 Å². The summed E-state index contributed by atoms with van der Waals surface area (Å²) >= 11 is 6.19. The monoisotopic (exact) mass is 295 g/mol. The minimum Gasteiger partial charge on any atom is -0.496 e. The number of hydrogen-bond donors (Lipinski definition) is 1. The standard InChI is InChI=1S/C17H26ClNO/c1-3-4-12-5-6-13(11-19)15(9-12)16-10-14(18)7-8-17(16)20-2/h7-8,10,12-13,15H,3-6,9,11,19H2,1-2H3. The maximum Gasteiger partial charge on any atom is 0.122 e. The van der Waals surface area contributed by atoms with Crippen LogP contribution in [0.2, 0.25) is 5.02 Å². The minimum absolute atomic E-state index is 0.485. The molecule has 3 atom stereocenters. The topological polar surface area (TPSA) is 35.2 Å². The molecule has 0 amide bonds. The third-order valence-electron chi connectivity index (χ3n) is 4.69. The molecule has 20 heavy (non-hydrogen) atoms. The molecule has 0 spiro atoms. The minimum atomic E-state index is 0.485. The van der Waals surface area contributed by atoms with Crippen LogP contribution in [-0.4, -0.2) is 13.7 Å². The summed E-state index contributed by atoms with van der Waals surface area (Å²) in [7, 11) is 1.73. The molecule has 0 aliphatic heterocycles. The van der Waals surface area contributed by atoms with Crippen LogP contribution < -0.4 is 10.5 Å². The average molecular weight is 296 g/mol. The first-order chi connectivity index (χ1) is 9.69. The van der Waals surface area contributed by atoms with Crippen LogP contribution >= 0.6 is 11.6 Å². The first-order valence-corrected chi connectivity index (χ1v) is 8.10. The Morgan fingerprint density at radius 1 is 1.35 bits per heavy atom. The van der Waals surface area contributed by atoms with Gasteiger partial charge in [0, 0.05) is 5.02 Å². The Bertz CT molecular complexity index is 435. The van der Waals surface area contributed by atoms with E-state index in [-0.39, 0.29) is 0 Å². The normalized spacial score (nSPS) is 26.5. The van der Waals surface area contributed by atoms with Gasteiger partial charge in [-0.3, -0.25) is 0 Å². The van der Waals surface area contributed by atoms with E-state index < -0.39 is 0 Å². The van der Waals surface area contributed by atoms with E-state index in [1.165, 1.54) is 37.7 Å². The lowest BCUT2D eigenvalue weighted by molar-refractivity contribution is 0.226. The van der Waals surface area contributed by atoms with E-state index in [9.17, 15) is 0 Å². The summed E-state index contributed by atoms with van der Waals surface area (Å²) in [6.45, 7) is 3.02. The zero-order valence-corrected chi connectivity index (χ0v) is 13.3. The molecule has 112 valence electrons. The van der Waals surface area contributed by atoms with Gasteiger partial charge in [0.2, 0.25) is 0 Å². The second kappa shape index (κ2) is 7.33. The highest BCUT2D eigenvalue weighted by atomic mass is 35.5. The Labute approximate surface area is 127 Å². The molecular weight excluding hydrogens is 270 g/mol. The molecule has 0 saturated heterocycles. The van der Waals surface area contributed by atoms with E-state index in [4.69, 9.17) is 22.1 Å². The number of nitrogens with two attached hydrogens (primary N) is 1. The van der Waals surface area contributed by atoms with Gasteiger partial charge < -0.3 is 10.5 Å². The third-order valence-corrected chi connectivity index (χ3v) is 4.93. The Morgan fingerprint density at radius 3 is 2.80 bits per heavy atom. The van der Waals surface area contributed by atoms with Crippen LogP contribution in [0.5, 0.6) is 5.75 Å². The van der Waals surface area contributed by atoms with Gasteiger partial charge in [-0.05, 0) is 60.9 Å². The molecule has 2 rings (SSSR count). The van der Waals surface area contributed by atoms with Crippen molar-refractivity contribution < 1.29 is 4.74 Å². The van der Waals surface area contributed by atoms with E-state index in [2.05, 4.69) is 13.0 Å². The molecule has 0 aromatic heterocycles. The zero-order chi connectivity index (χ0) is 14.5. The molecule has 1 aliphatic rings. The molecule has 1 aromatic rings. The number of benzene rings is 1. The van der Waals surface area contributed by atoms with Crippen molar-refractivity contribution in [1.29, 1.82) is 0 Å². The van der Waals surface area contributed by atoms with E-state index >= 15 is 0 Å². The maximum absolute atomic E-state index is 6.19. The molecule has 1 aromatic carbocycles. The van der Waals surface area contributed by atoms with Crippen LogP contribution in [-0.2, 0) is 0 Å². The van der Waals surface area contributed by atoms with Gasteiger partial charge in [0.15, 0.2) is 0 Å². The van der Waals surface area contributed by atoms with Gasteiger partial charge >= 0.3 is 0 Å². The highest BCUT2D eigenvalue weighted by molar-refractivity contribution is 6.30. The average Bonchev–Trinajstić information content (AvgIpc) is 2.47. The molecule has 2 nitrogen and oxygen atoms in total. The second-order valence-corrected chi connectivity index (χ2v) is 6.39. The van der Waals surface area contributed by atoms with Crippen LogP contribution in [0.4, 0.5) is 0 Å². The van der Waals surface area contributed by atoms with Gasteiger partial charge in [0.25, 0.3) is 0 Å². The Kier molecular flexibility index (Phi) is 5.74. The van der Waals surface area contributed by atoms with E-state index in [0.29, 0.717) is 11.8 Å². The SMILES string of the molecule is CCCC1CCC(CN)C(c2cc(Cl)ccc2OC)C1. The van der Waals surface area contributed by atoms with Gasteiger partial charge in [-0.15, -0.1) is 0 Å². The van der Waals surface area contributed by atoms with Crippen LogP contribution in [0.25, 0.3) is 0 Å². The molecule has 3 unspecified atom stereocenters. The fourth-order valence-electron chi connectivity index (χ4n) is 3.65. The molecule has 3 heteroatoms. The molecule has 2 N–H and O–H groups in total. The summed E-state index contributed by atoms with van der Waals surface area (Å²) in [4.78, 5) is 0. The fraction of sp³-hybridized carbons (Fsp3) is 0.647. The van der Waals surface area contributed by atoms with Crippen molar-refractivity contribution in [3.8, 4) is 5.75 Å². The van der Waals surface area contributed by atoms with Crippen molar-refractivity contribution in [3.05, 3.63) is 28.8 Å². The molecule has 0 heterocycles. The smallest absolute Gasteiger partial charge is 0.122 e. The highest BCUT2D eigenvalue weighted by Crippen LogP contribution is 2.45. The Balaban J connectivity index is 2.28. The predicted octanol–water partition coefficient (Wildman–Crippen LogP) is 4.61. The van der Waals surface area contributed by atoms with E-state index in [0.717, 1.165) is 23.2 Å². The molecule has 1 fully saturated rings. The third kappa shape index (κ3) is 3.48. The molecule has 0 radical (unpaired) electrons. The van der Waals surface area contributed by atoms with E-state index in [1.807, 2.05) is 12.1 Å². The summed E-state index contributed by atoms with van der Waals surface area (Å²) in [6, 6.07) is 5.95. The van der Waals surface area contributed by atoms with Gasteiger partial charge in [-0.2, -0.15) is 0 Å². The Hall–Kier alpha value is -0.730. The van der Waals surface area contributed by atoms with Gasteiger partial charge in [-0.1, -0.05) is 37.8 Å². The van der Waals surface area contributed by atoms with Crippen molar-refractivity contribution >= 4 is 11.6 Å². The highest BCUT2D eigenvalue weighted by Gasteiger charge is 2.32. The van der Waals surface area contributed by atoms with Gasteiger partial charge in [0.05, 0.1) is 7.11 Å². The van der Waals surface area contributed by atoms with Crippen LogP contribution in [0.3, 0.4) is 0 Å². The van der Waals surface area contributed by atoms with Crippen molar-refractivity contribution in [1.82, 2.24) is 0 Å². The van der Waals surface area contributed by atoms with Crippen molar-refractivity contribution in [2.24, 2.45) is 17.6 Å². The first-order valence-electron chi connectivity index (χ1n) is 7.73. The van der Waals surface area contributed by atoms with Crippen LogP contribution in [0.1, 0.15) is 50.5 Å². The number of ether oxygens (including phenoxy) is 1. The quantitative estimate of drug-likeness (QED) is 0.861. The molecule has 0 bridgehead atoms. The fourth-order valence-corrected chi connectivity index (χ4v) is 3.83. The molecule has 1 saturated carbocycles. The zero-order valence-electron chi connectivity index (χ0n) is 12.6. The first kappa shape index (κ1) is 15.7. The number of halogens is 1.